The van der Waals surface area contributed by atoms with E-state index in [1.54, 1.807) is 23.1 Å². The Hall–Kier alpha value is -2.31. The van der Waals surface area contributed by atoms with Gasteiger partial charge in [-0.3, -0.25) is 9.59 Å². The van der Waals surface area contributed by atoms with E-state index in [1.807, 2.05) is 37.3 Å². The molecule has 5 nitrogen and oxygen atoms in total. The van der Waals surface area contributed by atoms with E-state index in [2.05, 4.69) is 9.97 Å². The van der Waals surface area contributed by atoms with Gasteiger partial charge in [0.15, 0.2) is 0 Å². The van der Waals surface area contributed by atoms with Crippen LogP contribution in [0.25, 0.3) is 10.9 Å². The van der Waals surface area contributed by atoms with Crippen LogP contribution in [0, 0.1) is 0 Å². The van der Waals surface area contributed by atoms with Crippen molar-refractivity contribution in [2.45, 2.75) is 24.8 Å². The number of aromatic amines is 1. The molecule has 0 unspecified atom stereocenters. The summed E-state index contributed by atoms with van der Waals surface area (Å²) < 4.78 is 0. The lowest BCUT2D eigenvalue weighted by molar-refractivity contribution is -0.129. The van der Waals surface area contributed by atoms with Gasteiger partial charge < -0.3 is 9.88 Å². The highest BCUT2D eigenvalue weighted by Crippen LogP contribution is 2.18. The number of thioether (sulfide) groups is 1. The number of rotatable bonds is 7. The second-order valence-corrected chi connectivity index (χ2v) is 7.58. The molecule has 0 aliphatic rings. The second kappa shape index (κ2) is 9.06. The molecule has 3 rings (SSSR count). The summed E-state index contributed by atoms with van der Waals surface area (Å²) in [7, 11) is 0. The molecule has 0 atom stereocenters. The Bertz CT molecular complexity index is 991. The average molecular weight is 402 g/mol. The van der Waals surface area contributed by atoms with Gasteiger partial charge in [-0.25, -0.2) is 4.98 Å². The molecule has 2 aromatic carbocycles. The number of hydrogen-bond acceptors (Lipinski definition) is 4. The maximum atomic E-state index is 12.7. The molecule has 0 spiro atoms. The first-order valence-corrected chi connectivity index (χ1v) is 10.1. The van der Waals surface area contributed by atoms with Gasteiger partial charge >= 0.3 is 0 Å². The van der Waals surface area contributed by atoms with Gasteiger partial charge in [-0.2, -0.15) is 0 Å². The van der Waals surface area contributed by atoms with Crippen molar-refractivity contribution in [3.05, 3.63) is 69.7 Å². The van der Waals surface area contributed by atoms with E-state index < -0.39 is 0 Å². The number of H-pyrrole nitrogens is 1. The smallest absolute Gasteiger partial charge is 0.258 e. The lowest BCUT2D eigenvalue weighted by Crippen LogP contribution is -2.34. The maximum absolute atomic E-state index is 12.7. The number of carbonyl (C=O) groups excluding carboxylic acids is 1. The van der Waals surface area contributed by atoms with Gasteiger partial charge in [0.05, 0.1) is 23.2 Å². The molecule has 1 heterocycles. The van der Waals surface area contributed by atoms with Crippen molar-refractivity contribution < 1.29 is 4.79 Å². The van der Waals surface area contributed by atoms with Crippen molar-refractivity contribution in [3.8, 4) is 0 Å². The molecular formula is C20H20ClN3O2S. The molecule has 0 saturated carbocycles. The van der Waals surface area contributed by atoms with Crippen LogP contribution in [0.4, 0.5) is 0 Å². The number of nitrogens with one attached hydrogen (secondary N) is 1. The Kier molecular flexibility index (Phi) is 6.53. The summed E-state index contributed by atoms with van der Waals surface area (Å²) in [4.78, 5) is 35.0. The predicted octanol–water partition coefficient (Wildman–Crippen LogP) is 4.11. The number of nitrogens with zero attached hydrogens (tertiary/aromatic N) is 2. The minimum absolute atomic E-state index is 0.0135. The zero-order valence-electron chi connectivity index (χ0n) is 14.9. The first kappa shape index (κ1) is 19.5. The summed E-state index contributed by atoms with van der Waals surface area (Å²) in [5, 5.41) is 1.00. The minimum atomic E-state index is -0.228. The first-order chi connectivity index (χ1) is 13.1. The van der Waals surface area contributed by atoms with Gasteiger partial charge in [-0.05, 0) is 36.8 Å². The highest BCUT2D eigenvalue weighted by Gasteiger charge is 2.15. The average Bonchev–Trinajstić information content (AvgIpc) is 2.66. The van der Waals surface area contributed by atoms with Crippen molar-refractivity contribution in [1.82, 2.24) is 14.9 Å². The second-order valence-electron chi connectivity index (χ2n) is 6.09. The van der Waals surface area contributed by atoms with E-state index in [9.17, 15) is 9.59 Å². The largest absolute Gasteiger partial charge is 0.335 e. The molecule has 3 aromatic rings. The highest BCUT2D eigenvalue weighted by molar-refractivity contribution is 8.00. The van der Waals surface area contributed by atoms with Crippen molar-refractivity contribution in [2.75, 3.05) is 12.3 Å². The third-order valence-corrected chi connectivity index (χ3v) is 5.24. The molecule has 0 fully saturated rings. The van der Waals surface area contributed by atoms with Crippen molar-refractivity contribution in [3.63, 3.8) is 0 Å². The fourth-order valence-electron chi connectivity index (χ4n) is 2.73. The predicted molar refractivity (Wildman–Crippen MR) is 110 cm³/mol. The van der Waals surface area contributed by atoms with Gasteiger partial charge in [0.25, 0.3) is 5.56 Å². The lowest BCUT2D eigenvalue weighted by atomic mass is 10.2. The van der Waals surface area contributed by atoms with E-state index in [4.69, 9.17) is 11.6 Å². The van der Waals surface area contributed by atoms with Gasteiger partial charge in [-0.1, -0.05) is 36.7 Å². The summed E-state index contributed by atoms with van der Waals surface area (Å²) in [6.45, 7) is 2.88. The van der Waals surface area contributed by atoms with Gasteiger partial charge in [0.1, 0.15) is 5.82 Å². The number of hydrogen-bond donors (Lipinski definition) is 1. The molecule has 1 N–H and O–H groups in total. The van der Waals surface area contributed by atoms with Crippen LogP contribution < -0.4 is 5.56 Å². The zero-order chi connectivity index (χ0) is 19.2. The van der Waals surface area contributed by atoms with Crippen LogP contribution in [0.1, 0.15) is 19.2 Å². The normalized spacial score (nSPS) is 10.9. The van der Waals surface area contributed by atoms with Gasteiger partial charge in [-0.15, -0.1) is 11.8 Å². The monoisotopic (exact) mass is 401 g/mol. The summed E-state index contributed by atoms with van der Waals surface area (Å²) in [5.41, 5.74) is 0.304. The molecule has 27 heavy (non-hydrogen) atoms. The fraction of sp³-hybridized carbons (Fsp3) is 0.250. The third-order valence-electron chi connectivity index (χ3n) is 4.01. The van der Waals surface area contributed by atoms with Crippen molar-refractivity contribution >= 4 is 40.2 Å². The Morgan fingerprint density at radius 1 is 1.22 bits per heavy atom. The number of halogens is 1. The lowest BCUT2D eigenvalue weighted by Gasteiger charge is -2.21. The minimum Gasteiger partial charge on any atom is -0.335 e. The van der Waals surface area contributed by atoms with E-state index in [1.165, 1.54) is 11.8 Å². The number of benzene rings is 2. The summed E-state index contributed by atoms with van der Waals surface area (Å²) >= 11 is 7.51. The molecule has 7 heteroatoms. The standard InChI is InChI=1S/C20H20ClN3O2S/c1-2-10-24(19(25)13-27-15-6-4-3-5-7-15)12-18-22-17-11-14(21)8-9-16(17)20(26)23-18/h3-9,11H,2,10,12-13H2,1H3,(H,22,23,26). The molecule has 0 radical (unpaired) electrons. The Morgan fingerprint density at radius 3 is 2.74 bits per heavy atom. The molecule has 0 aliphatic carbocycles. The fourth-order valence-corrected chi connectivity index (χ4v) is 3.72. The van der Waals surface area contributed by atoms with Crippen LogP contribution in [0.2, 0.25) is 5.02 Å². The Balaban J connectivity index is 1.76. The van der Waals surface area contributed by atoms with E-state index >= 15 is 0 Å². The molecule has 140 valence electrons. The van der Waals surface area contributed by atoms with Crippen LogP contribution in [-0.2, 0) is 11.3 Å². The van der Waals surface area contributed by atoms with Gasteiger partial charge in [0.2, 0.25) is 5.91 Å². The van der Waals surface area contributed by atoms with Gasteiger partial charge in [0, 0.05) is 16.5 Å². The van der Waals surface area contributed by atoms with E-state index in [0.717, 1.165) is 11.3 Å². The van der Waals surface area contributed by atoms with Crippen molar-refractivity contribution in [2.24, 2.45) is 0 Å². The van der Waals surface area contributed by atoms with Crippen molar-refractivity contribution in [1.29, 1.82) is 0 Å². The topological polar surface area (TPSA) is 66.1 Å². The Morgan fingerprint density at radius 2 is 2.00 bits per heavy atom. The number of amides is 1. The summed E-state index contributed by atoms with van der Waals surface area (Å²) in [6, 6.07) is 14.8. The highest BCUT2D eigenvalue weighted by atomic mass is 35.5. The molecular weight excluding hydrogens is 382 g/mol. The third kappa shape index (κ3) is 5.11. The van der Waals surface area contributed by atoms with E-state index in [-0.39, 0.29) is 18.0 Å². The number of carbonyl (C=O) groups is 1. The van der Waals surface area contributed by atoms with Crippen LogP contribution in [0.3, 0.4) is 0 Å². The molecule has 0 saturated heterocycles. The quantitative estimate of drug-likeness (QED) is 0.605. The maximum Gasteiger partial charge on any atom is 0.258 e. The van der Waals surface area contributed by atoms with Crippen LogP contribution in [-0.4, -0.2) is 33.1 Å². The number of aromatic nitrogens is 2. The summed E-state index contributed by atoms with van der Waals surface area (Å²) in [5.74, 6) is 0.814. The van der Waals surface area contributed by atoms with Crippen LogP contribution in [0.15, 0.2) is 58.2 Å². The SMILES string of the molecule is CCCN(Cc1nc2cc(Cl)ccc2c(=O)[nH]1)C(=O)CSc1ccccc1. The number of fused-ring (bicyclic) bond motifs is 1. The molecule has 0 bridgehead atoms. The molecule has 0 aliphatic heterocycles. The van der Waals surface area contributed by atoms with Crippen LogP contribution >= 0.6 is 23.4 Å². The zero-order valence-corrected chi connectivity index (χ0v) is 16.5. The molecule has 1 amide bonds. The van der Waals surface area contributed by atoms with E-state index in [0.29, 0.717) is 34.0 Å². The molecule has 1 aromatic heterocycles. The first-order valence-electron chi connectivity index (χ1n) is 8.71. The Labute approximate surface area is 166 Å². The summed E-state index contributed by atoms with van der Waals surface area (Å²) in [6.07, 6.45) is 0.825. The van der Waals surface area contributed by atoms with Crippen LogP contribution in [0.5, 0.6) is 0 Å².